The van der Waals surface area contributed by atoms with Crippen molar-refractivity contribution in [1.29, 1.82) is 0 Å². The predicted octanol–water partition coefficient (Wildman–Crippen LogP) is 4.33. The fraction of sp³-hybridized carbons (Fsp3) is 0.182. The smallest absolute Gasteiger partial charge is 0.215 e. The van der Waals surface area contributed by atoms with E-state index in [1.54, 1.807) is 31.2 Å². The molecule has 1 atom stereocenters. The van der Waals surface area contributed by atoms with Crippen molar-refractivity contribution in [3.63, 3.8) is 0 Å². The molecule has 0 aliphatic heterocycles. The number of hydrogen-bond acceptors (Lipinski definition) is 3. The first-order valence-electron chi connectivity index (χ1n) is 8.85. The molecule has 0 saturated heterocycles. The van der Waals surface area contributed by atoms with Crippen LogP contribution in [0.2, 0.25) is 5.02 Å². The summed E-state index contributed by atoms with van der Waals surface area (Å²) in [7, 11) is -3.61. The lowest BCUT2D eigenvalue weighted by Gasteiger charge is -2.24. The summed E-state index contributed by atoms with van der Waals surface area (Å²) in [6.07, 6.45) is 0. The van der Waals surface area contributed by atoms with E-state index in [4.69, 9.17) is 11.6 Å². The molecule has 0 heterocycles. The van der Waals surface area contributed by atoms with Gasteiger partial charge in [0.1, 0.15) is 5.60 Å². The molecule has 1 unspecified atom stereocenters. The van der Waals surface area contributed by atoms with Crippen LogP contribution in [0.1, 0.15) is 18.1 Å². The zero-order valence-electron chi connectivity index (χ0n) is 15.5. The number of hydrogen-bond donors (Lipinski definition) is 2. The number of benzene rings is 3. The normalized spacial score (nSPS) is 13.8. The van der Waals surface area contributed by atoms with Crippen LogP contribution < -0.4 is 4.72 Å². The van der Waals surface area contributed by atoms with Crippen LogP contribution in [-0.4, -0.2) is 20.1 Å². The van der Waals surface area contributed by atoms with E-state index in [1.165, 1.54) is 0 Å². The average Bonchev–Trinajstić information content (AvgIpc) is 2.67. The SMILES string of the molecule is CC(O)(CNS(=O)(=O)Cc1cccc(Cl)c1)c1ccc(-c2ccccc2)cc1. The van der Waals surface area contributed by atoms with Crippen molar-refractivity contribution in [3.05, 3.63) is 95.0 Å². The Morgan fingerprint density at radius 3 is 2.21 bits per heavy atom. The largest absolute Gasteiger partial charge is 0.384 e. The molecule has 6 heteroatoms. The van der Waals surface area contributed by atoms with E-state index >= 15 is 0 Å². The van der Waals surface area contributed by atoms with E-state index < -0.39 is 15.6 Å². The highest BCUT2D eigenvalue weighted by atomic mass is 35.5. The van der Waals surface area contributed by atoms with Crippen LogP contribution in [0.15, 0.2) is 78.9 Å². The second-order valence-corrected chi connectivity index (χ2v) is 9.17. The molecular weight excluding hydrogens is 394 g/mol. The summed E-state index contributed by atoms with van der Waals surface area (Å²) in [5.74, 6) is -0.198. The minimum absolute atomic E-state index is 0.124. The van der Waals surface area contributed by atoms with E-state index in [2.05, 4.69) is 4.72 Å². The topological polar surface area (TPSA) is 66.4 Å². The molecule has 0 amide bonds. The van der Waals surface area contributed by atoms with Gasteiger partial charge in [0, 0.05) is 11.6 Å². The first-order chi connectivity index (χ1) is 13.3. The fourth-order valence-corrected chi connectivity index (χ4v) is 4.34. The van der Waals surface area contributed by atoms with Crippen molar-refractivity contribution in [3.8, 4) is 11.1 Å². The number of rotatable bonds is 7. The third-order valence-corrected chi connectivity index (χ3v) is 6.03. The minimum Gasteiger partial charge on any atom is -0.384 e. The molecule has 3 aromatic carbocycles. The van der Waals surface area contributed by atoms with Crippen molar-refractivity contribution >= 4 is 21.6 Å². The first kappa shape index (κ1) is 20.6. The Morgan fingerprint density at radius 2 is 1.57 bits per heavy atom. The standard InChI is InChI=1S/C22H22ClNO3S/c1-22(25,16-24-28(26,27)15-17-6-5-9-21(23)14-17)20-12-10-19(11-13-20)18-7-3-2-4-8-18/h2-14,24-25H,15-16H2,1H3. The molecule has 146 valence electrons. The lowest BCUT2D eigenvalue weighted by molar-refractivity contribution is 0.0627. The number of sulfonamides is 1. The van der Waals surface area contributed by atoms with Gasteiger partial charge in [-0.25, -0.2) is 13.1 Å². The van der Waals surface area contributed by atoms with E-state index in [0.717, 1.165) is 11.1 Å². The van der Waals surface area contributed by atoms with Crippen molar-refractivity contribution in [2.45, 2.75) is 18.3 Å². The summed E-state index contributed by atoms with van der Waals surface area (Å²) >= 11 is 5.91. The van der Waals surface area contributed by atoms with Gasteiger partial charge in [0.25, 0.3) is 0 Å². The quantitative estimate of drug-likeness (QED) is 0.603. The molecule has 3 aromatic rings. The van der Waals surface area contributed by atoms with Crippen LogP contribution in [0.4, 0.5) is 0 Å². The van der Waals surface area contributed by atoms with Gasteiger partial charge in [0.05, 0.1) is 5.75 Å². The van der Waals surface area contributed by atoms with Gasteiger partial charge in [0.2, 0.25) is 10.0 Å². The summed E-state index contributed by atoms with van der Waals surface area (Å²) in [4.78, 5) is 0. The predicted molar refractivity (Wildman–Crippen MR) is 114 cm³/mol. The third kappa shape index (κ3) is 5.42. The first-order valence-corrected chi connectivity index (χ1v) is 10.9. The molecule has 0 aliphatic rings. The van der Waals surface area contributed by atoms with Crippen molar-refractivity contribution in [2.75, 3.05) is 6.54 Å². The second-order valence-electron chi connectivity index (χ2n) is 6.93. The molecule has 0 aromatic heterocycles. The molecule has 0 bridgehead atoms. The van der Waals surface area contributed by atoms with Gasteiger partial charge in [-0.1, -0.05) is 78.3 Å². The Bertz CT molecular complexity index is 1030. The maximum Gasteiger partial charge on any atom is 0.215 e. The van der Waals surface area contributed by atoms with Gasteiger partial charge in [0.15, 0.2) is 0 Å². The fourth-order valence-electron chi connectivity index (χ4n) is 2.90. The zero-order valence-corrected chi connectivity index (χ0v) is 17.0. The Labute approximate surface area is 170 Å². The Morgan fingerprint density at radius 1 is 0.929 bits per heavy atom. The monoisotopic (exact) mass is 415 g/mol. The lowest BCUT2D eigenvalue weighted by Crippen LogP contribution is -2.39. The van der Waals surface area contributed by atoms with Crippen LogP contribution in [0.5, 0.6) is 0 Å². The summed E-state index contributed by atoms with van der Waals surface area (Å²) in [5.41, 5.74) is 2.00. The van der Waals surface area contributed by atoms with Crippen LogP contribution in [0.25, 0.3) is 11.1 Å². The Hall–Kier alpha value is -2.18. The molecule has 2 N–H and O–H groups in total. The zero-order chi connectivity index (χ0) is 20.2. The number of halogens is 1. The van der Waals surface area contributed by atoms with E-state index in [-0.39, 0.29) is 12.3 Å². The highest BCUT2D eigenvalue weighted by Gasteiger charge is 2.25. The Balaban J connectivity index is 1.67. The summed E-state index contributed by atoms with van der Waals surface area (Å²) < 4.78 is 27.2. The second kappa shape index (κ2) is 8.45. The van der Waals surface area contributed by atoms with Gasteiger partial charge < -0.3 is 5.11 Å². The molecule has 0 spiro atoms. The number of nitrogens with one attached hydrogen (secondary N) is 1. The third-order valence-electron chi connectivity index (χ3n) is 4.50. The average molecular weight is 416 g/mol. The molecular formula is C22H22ClNO3S. The summed E-state index contributed by atoms with van der Waals surface area (Å²) in [5, 5.41) is 11.3. The molecule has 3 rings (SSSR count). The van der Waals surface area contributed by atoms with Crippen molar-refractivity contribution in [1.82, 2.24) is 4.72 Å². The van der Waals surface area contributed by atoms with Crippen molar-refractivity contribution < 1.29 is 13.5 Å². The highest BCUT2D eigenvalue weighted by molar-refractivity contribution is 7.88. The van der Waals surface area contributed by atoms with Crippen LogP contribution in [0.3, 0.4) is 0 Å². The van der Waals surface area contributed by atoms with Crippen LogP contribution >= 0.6 is 11.6 Å². The Kier molecular flexibility index (Phi) is 6.20. The molecule has 4 nitrogen and oxygen atoms in total. The van der Waals surface area contributed by atoms with Gasteiger partial charge in [-0.05, 0) is 41.3 Å². The maximum absolute atomic E-state index is 12.4. The van der Waals surface area contributed by atoms with Crippen molar-refractivity contribution in [2.24, 2.45) is 0 Å². The summed E-state index contributed by atoms with van der Waals surface area (Å²) in [6.45, 7) is 1.47. The van der Waals surface area contributed by atoms with Crippen LogP contribution in [0, 0.1) is 0 Å². The van der Waals surface area contributed by atoms with E-state index in [0.29, 0.717) is 16.1 Å². The van der Waals surface area contributed by atoms with Gasteiger partial charge >= 0.3 is 0 Å². The van der Waals surface area contributed by atoms with E-state index in [1.807, 2.05) is 54.6 Å². The lowest BCUT2D eigenvalue weighted by atomic mass is 9.94. The molecule has 0 radical (unpaired) electrons. The molecule has 0 fully saturated rings. The van der Waals surface area contributed by atoms with Gasteiger partial charge in [-0.3, -0.25) is 0 Å². The summed E-state index contributed by atoms with van der Waals surface area (Å²) in [6, 6.07) is 24.1. The molecule has 28 heavy (non-hydrogen) atoms. The minimum atomic E-state index is -3.61. The highest BCUT2D eigenvalue weighted by Crippen LogP contribution is 2.25. The number of aliphatic hydroxyl groups is 1. The van der Waals surface area contributed by atoms with E-state index in [9.17, 15) is 13.5 Å². The van der Waals surface area contributed by atoms with Gasteiger partial charge in [-0.2, -0.15) is 0 Å². The molecule has 0 saturated carbocycles. The molecule has 0 aliphatic carbocycles. The van der Waals surface area contributed by atoms with Crippen LogP contribution in [-0.2, 0) is 21.4 Å². The maximum atomic E-state index is 12.4. The van der Waals surface area contributed by atoms with Gasteiger partial charge in [-0.15, -0.1) is 0 Å².